The normalized spacial score (nSPS) is 31.0. The Morgan fingerprint density at radius 1 is 1.14 bits per heavy atom. The first-order chi connectivity index (χ1) is 10.1. The zero-order valence-electron chi connectivity index (χ0n) is 13.3. The summed E-state index contributed by atoms with van der Waals surface area (Å²) < 4.78 is 5.37. The lowest BCUT2D eigenvalue weighted by molar-refractivity contribution is -0.137. The molecule has 0 heterocycles. The largest absolute Gasteiger partial charge is 0.496 e. The lowest BCUT2D eigenvalue weighted by Gasteiger charge is -2.52. The van der Waals surface area contributed by atoms with Crippen molar-refractivity contribution >= 4 is 5.91 Å². The van der Waals surface area contributed by atoms with Gasteiger partial charge in [0.05, 0.1) is 7.11 Å². The first kappa shape index (κ1) is 14.4. The highest BCUT2D eigenvalue weighted by Crippen LogP contribution is 2.58. The number of aryl methyl sites for hydroxylation is 1. The molecule has 0 radical (unpaired) electrons. The standard InChI is InChI=1S/C18H25NO2/c1-13-12-14(4-5-15(13)21-3)17-6-9-18(10-7-17,11-8-17)16(20)19-2/h4-5,12H,6-11H2,1-3H3,(H,19,20). The average molecular weight is 287 g/mol. The number of fused-ring (bicyclic) bond motifs is 3. The van der Waals surface area contributed by atoms with Crippen molar-refractivity contribution in [3.63, 3.8) is 0 Å². The zero-order valence-corrected chi connectivity index (χ0v) is 13.3. The summed E-state index contributed by atoms with van der Waals surface area (Å²) in [4.78, 5) is 12.2. The van der Waals surface area contributed by atoms with Crippen LogP contribution < -0.4 is 10.1 Å². The molecule has 1 aromatic rings. The van der Waals surface area contributed by atoms with E-state index in [1.165, 1.54) is 11.1 Å². The first-order valence-corrected chi connectivity index (χ1v) is 7.93. The number of carbonyl (C=O) groups is 1. The molecule has 114 valence electrons. The van der Waals surface area contributed by atoms with E-state index in [0.717, 1.165) is 44.3 Å². The number of benzene rings is 1. The number of hydrogen-bond donors (Lipinski definition) is 1. The van der Waals surface area contributed by atoms with Crippen molar-refractivity contribution in [1.29, 1.82) is 0 Å². The number of ether oxygens (including phenoxy) is 1. The van der Waals surface area contributed by atoms with Crippen LogP contribution in [0.15, 0.2) is 18.2 Å². The monoisotopic (exact) mass is 287 g/mol. The molecule has 0 saturated heterocycles. The van der Waals surface area contributed by atoms with E-state index in [-0.39, 0.29) is 16.7 Å². The van der Waals surface area contributed by atoms with Gasteiger partial charge in [0.25, 0.3) is 0 Å². The summed E-state index contributed by atoms with van der Waals surface area (Å²) in [6.07, 6.45) is 6.47. The molecule has 21 heavy (non-hydrogen) atoms. The molecule has 3 saturated carbocycles. The van der Waals surface area contributed by atoms with E-state index in [4.69, 9.17) is 4.74 Å². The lowest BCUT2D eigenvalue weighted by atomic mass is 9.51. The number of nitrogens with one attached hydrogen (secondary N) is 1. The van der Waals surface area contributed by atoms with Gasteiger partial charge in [0.15, 0.2) is 0 Å². The van der Waals surface area contributed by atoms with Gasteiger partial charge in [-0.25, -0.2) is 0 Å². The highest BCUT2D eigenvalue weighted by Gasteiger charge is 2.52. The van der Waals surface area contributed by atoms with E-state index in [1.807, 2.05) is 0 Å². The summed E-state index contributed by atoms with van der Waals surface area (Å²) in [5, 5.41) is 2.87. The Morgan fingerprint density at radius 2 is 1.76 bits per heavy atom. The Hall–Kier alpha value is -1.51. The summed E-state index contributed by atoms with van der Waals surface area (Å²) in [7, 11) is 3.49. The van der Waals surface area contributed by atoms with Gasteiger partial charge in [-0.1, -0.05) is 12.1 Å². The van der Waals surface area contributed by atoms with Crippen molar-refractivity contribution in [2.45, 2.75) is 50.9 Å². The van der Waals surface area contributed by atoms with Crippen LogP contribution in [0.3, 0.4) is 0 Å². The Bertz CT molecular complexity index is 540. The van der Waals surface area contributed by atoms with E-state index < -0.39 is 0 Å². The minimum absolute atomic E-state index is 0.0853. The van der Waals surface area contributed by atoms with Crippen LogP contribution in [-0.2, 0) is 10.2 Å². The van der Waals surface area contributed by atoms with Crippen molar-refractivity contribution in [2.24, 2.45) is 5.41 Å². The molecule has 3 nitrogen and oxygen atoms in total. The van der Waals surface area contributed by atoms with E-state index in [1.54, 1.807) is 14.2 Å². The molecule has 3 fully saturated rings. The van der Waals surface area contributed by atoms with E-state index in [0.29, 0.717) is 0 Å². The molecule has 1 N–H and O–H groups in total. The number of carbonyl (C=O) groups excluding carboxylic acids is 1. The van der Waals surface area contributed by atoms with Crippen LogP contribution in [0, 0.1) is 12.3 Å². The third kappa shape index (κ3) is 2.14. The fourth-order valence-electron chi connectivity index (χ4n) is 4.43. The highest BCUT2D eigenvalue weighted by molar-refractivity contribution is 5.82. The van der Waals surface area contributed by atoms with Crippen LogP contribution in [0.2, 0.25) is 0 Å². The molecule has 3 heteroatoms. The predicted molar refractivity (Wildman–Crippen MR) is 83.6 cm³/mol. The summed E-state index contributed by atoms with van der Waals surface area (Å²) in [6.45, 7) is 2.11. The fraction of sp³-hybridized carbons (Fsp3) is 0.611. The summed E-state index contributed by atoms with van der Waals surface area (Å²) in [5.41, 5.74) is 2.84. The maximum absolute atomic E-state index is 12.2. The molecule has 0 unspecified atom stereocenters. The highest BCUT2D eigenvalue weighted by atomic mass is 16.5. The average Bonchev–Trinajstić information content (AvgIpc) is 2.55. The lowest BCUT2D eigenvalue weighted by Crippen LogP contribution is -2.51. The van der Waals surface area contributed by atoms with Crippen molar-refractivity contribution in [2.75, 3.05) is 14.2 Å². The second-order valence-corrected chi connectivity index (χ2v) is 6.82. The summed E-state index contributed by atoms with van der Waals surface area (Å²) in [6, 6.07) is 6.61. The third-order valence-corrected chi connectivity index (χ3v) is 5.96. The molecular weight excluding hydrogens is 262 g/mol. The quantitative estimate of drug-likeness (QED) is 0.926. The number of amides is 1. The van der Waals surface area contributed by atoms with E-state index >= 15 is 0 Å². The predicted octanol–water partition coefficient (Wildman–Crippen LogP) is 3.34. The molecule has 4 rings (SSSR count). The van der Waals surface area contributed by atoms with Gasteiger partial charge in [0.1, 0.15) is 5.75 Å². The first-order valence-electron chi connectivity index (χ1n) is 7.93. The number of hydrogen-bond acceptors (Lipinski definition) is 2. The molecule has 0 atom stereocenters. The third-order valence-electron chi connectivity index (χ3n) is 5.96. The van der Waals surface area contributed by atoms with Gasteiger partial charge < -0.3 is 10.1 Å². The topological polar surface area (TPSA) is 38.3 Å². The minimum Gasteiger partial charge on any atom is -0.496 e. The van der Waals surface area contributed by atoms with Crippen molar-refractivity contribution < 1.29 is 9.53 Å². The van der Waals surface area contributed by atoms with Gasteiger partial charge in [-0.05, 0) is 68.1 Å². The van der Waals surface area contributed by atoms with Gasteiger partial charge >= 0.3 is 0 Å². The maximum Gasteiger partial charge on any atom is 0.225 e. The van der Waals surface area contributed by atoms with Gasteiger partial charge in [-0.2, -0.15) is 0 Å². The molecule has 0 aromatic heterocycles. The van der Waals surface area contributed by atoms with Crippen LogP contribution >= 0.6 is 0 Å². The van der Waals surface area contributed by atoms with Crippen molar-refractivity contribution in [3.05, 3.63) is 29.3 Å². The molecule has 0 spiro atoms. The van der Waals surface area contributed by atoms with Crippen LogP contribution in [0.4, 0.5) is 0 Å². The molecular formula is C18H25NO2. The Balaban J connectivity index is 1.86. The van der Waals surface area contributed by atoms with Crippen LogP contribution in [0.25, 0.3) is 0 Å². The van der Waals surface area contributed by atoms with Gasteiger partial charge in [-0.15, -0.1) is 0 Å². The van der Waals surface area contributed by atoms with E-state index in [2.05, 4.69) is 30.4 Å². The van der Waals surface area contributed by atoms with Crippen LogP contribution in [-0.4, -0.2) is 20.1 Å². The summed E-state index contributed by atoms with van der Waals surface area (Å²) >= 11 is 0. The van der Waals surface area contributed by atoms with E-state index in [9.17, 15) is 4.79 Å². The van der Waals surface area contributed by atoms with Crippen molar-refractivity contribution in [3.8, 4) is 5.75 Å². The van der Waals surface area contributed by atoms with Crippen molar-refractivity contribution in [1.82, 2.24) is 5.32 Å². The molecule has 0 aliphatic heterocycles. The number of methoxy groups -OCH3 is 1. The Kier molecular flexibility index (Phi) is 3.46. The molecule has 1 aromatic carbocycles. The molecule has 1 amide bonds. The van der Waals surface area contributed by atoms with Gasteiger partial charge in [0, 0.05) is 12.5 Å². The maximum atomic E-state index is 12.2. The Morgan fingerprint density at radius 3 is 2.24 bits per heavy atom. The molecule has 3 aliphatic rings. The Labute approximate surface area is 127 Å². The van der Waals surface area contributed by atoms with Gasteiger partial charge in [-0.3, -0.25) is 4.79 Å². The SMILES string of the molecule is CNC(=O)C12CCC(c3ccc(OC)c(C)c3)(CC1)CC2. The number of rotatable bonds is 3. The van der Waals surface area contributed by atoms with Crippen LogP contribution in [0.1, 0.15) is 49.7 Å². The molecule has 2 bridgehead atoms. The van der Waals surface area contributed by atoms with Crippen LogP contribution in [0.5, 0.6) is 5.75 Å². The second-order valence-electron chi connectivity index (χ2n) is 6.82. The summed E-state index contributed by atoms with van der Waals surface area (Å²) in [5.74, 6) is 1.21. The van der Waals surface area contributed by atoms with Gasteiger partial charge in [0.2, 0.25) is 5.91 Å². The second kappa shape index (κ2) is 5.04. The minimum atomic E-state index is -0.0853. The zero-order chi connectivity index (χ0) is 15.1. The smallest absolute Gasteiger partial charge is 0.225 e. The molecule has 3 aliphatic carbocycles. The fourth-order valence-corrected chi connectivity index (χ4v) is 4.43.